The van der Waals surface area contributed by atoms with Crippen molar-refractivity contribution in [2.75, 3.05) is 12.9 Å². The lowest BCUT2D eigenvalue weighted by molar-refractivity contribution is -0.102. The zero-order valence-electron chi connectivity index (χ0n) is 12.0. The highest BCUT2D eigenvalue weighted by atomic mass is 35.5. The van der Waals surface area contributed by atoms with E-state index in [4.69, 9.17) is 16.3 Å². The minimum absolute atomic E-state index is 0.370. The van der Waals surface area contributed by atoms with Crippen LogP contribution in [0.2, 0.25) is 5.02 Å². The molecule has 112 valence electrons. The average molecular weight is 315 g/mol. The van der Waals surface area contributed by atoms with Gasteiger partial charge in [-0.25, -0.2) is 0 Å². The number of methoxy groups -OCH3 is 1. The normalized spacial score (nSPS) is 20.4. The van der Waals surface area contributed by atoms with Crippen LogP contribution in [0.25, 0.3) is 0 Å². The van der Waals surface area contributed by atoms with E-state index >= 15 is 0 Å². The number of thioether (sulfide) groups is 1. The van der Waals surface area contributed by atoms with Crippen molar-refractivity contribution in [2.24, 2.45) is 0 Å². The molecule has 1 aliphatic rings. The number of hydrogen-bond acceptors (Lipinski definition) is 3. The van der Waals surface area contributed by atoms with Crippen molar-refractivity contribution in [1.29, 1.82) is 0 Å². The molecule has 1 aromatic carbocycles. The third kappa shape index (κ3) is 3.91. The third-order valence-corrected chi connectivity index (χ3v) is 5.79. The van der Waals surface area contributed by atoms with Crippen molar-refractivity contribution < 1.29 is 9.84 Å². The van der Waals surface area contributed by atoms with Crippen LogP contribution in [0, 0.1) is 0 Å². The number of hydrogen-bond donors (Lipinski definition) is 1. The number of ether oxygens (including phenoxy) is 1. The molecule has 0 heterocycles. The molecular formula is C16H23ClO2S. The first-order valence-electron chi connectivity index (χ1n) is 7.28. The summed E-state index contributed by atoms with van der Waals surface area (Å²) >= 11 is 7.76. The van der Waals surface area contributed by atoms with Gasteiger partial charge >= 0.3 is 0 Å². The van der Waals surface area contributed by atoms with E-state index < -0.39 is 6.10 Å². The van der Waals surface area contributed by atoms with Crippen molar-refractivity contribution in [3.8, 4) is 0 Å². The number of benzene rings is 1. The standard InChI is InChI=1S/C16H23ClO2S/c1-19-16(10-6-2-3-7-11-16)15(18)12-20-14-9-5-4-8-13(14)17/h4-5,8-9,15,18H,2-3,6-7,10-12H2,1H3. The number of aliphatic hydroxyl groups is 1. The second-order valence-corrected chi connectivity index (χ2v) is 6.91. The summed E-state index contributed by atoms with van der Waals surface area (Å²) in [5.74, 6) is 0.623. The van der Waals surface area contributed by atoms with E-state index in [1.54, 1.807) is 18.9 Å². The van der Waals surface area contributed by atoms with Crippen LogP contribution in [0.5, 0.6) is 0 Å². The molecule has 0 aliphatic heterocycles. The van der Waals surface area contributed by atoms with Gasteiger partial charge in [-0.05, 0) is 25.0 Å². The molecule has 1 unspecified atom stereocenters. The average Bonchev–Trinajstić information content (AvgIpc) is 2.72. The number of aliphatic hydroxyl groups excluding tert-OH is 1. The van der Waals surface area contributed by atoms with Crippen LogP contribution in [0.4, 0.5) is 0 Å². The zero-order chi connectivity index (χ0) is 14.4. The fourth-order valence-corrected chi connectivity index (χ4v) is 4.20. The first-order valence-corrected chi connectivity index (χ1v) is 8.65. The smallest absolute Gasteiger partial charge is 0.0944 e. The molecule has 1 N–H and O–H groups in total. The van der Waals surface area contributed by atoms with Crippen LogP contribution in [0.15, 0.2) is 29.2 Å². The molecule has 4 heteroatoms. The SMILES string of the molecule is COC1(C(O)CSc2ccccc2Cl)CCCCCC1. The van der Waals surface area contributed by atoms with E-state index in [0.29, 0.717) is 5.75 Å². The molecule has 1 aliphatic carbocycles. The van der Waals surface area contributed by atoms with Crippen molar-refractivity contribution in [2.45, 2.75) is 55.1 Å². The monoisotopic (exact) mass is 314 g/mol. The maximum atomic E-state index is 10.6. The first kappa shape index (κ1) is 16.2. The molecule has 1 aromatic rings. The molecular weight excluding hydrogens is 292 g/mol. The van der Waals surface area contributed by atoms with Gasteiger partial charge < -0.3 is 9.84 Å². The van der Waals surface area contributed by atoms with Crippen LogP contribution in [-0.4, -0.2) is 29.7 Å². The Morgan fingerprint density at radius 1 is 1.25 bits per heavy atom. The molecule has 2 nitrogen and oxygen atoms in total. The lowest BCUT2D eigenvalue weighted by Crippen LogP contribution is -2.45. The topological polar surface area (TPSA) is 29.5 Å². The van der Waals surface area contributed by atoms with Gasteiger partial charge in [0.2, 0.25) is 0 Å². The van der Waals surface area contributed by atoms with Gasteiger partial charge in [-0.2, -0.15) is 0 Å². The van der Waals surface area contributed by atoms with Crippen LogP contribution in [0.3, 0.4) is 0 Å². The summed E-state index contributed by atoms with van der Waals surface area (Å²) in [5.41, 5.74) is -0.370. The maximum Gasteiger partial charge on any atom is 0.0944 e. The maximum absolute atomic E-state index is 10.6. The second-order valence-electron chi connectivity index (χ2n) is 5.44. The minimum atomic E-state index is -0.452. The number of rotatable bonds is 5. The van der Waals surface area contributed by atoms with E-state index in [1.807, 2.05) is 24.3 Å². The minimum Gasteiger partial charge on any atom is -0.389 e. The van der Waals surface area contributed by atoms with Crippen molar-refractivity contribution >= 4 is 23.4 Å². The van der Waals surface area contributed by atoms with Gasteiger partial charge in [0, 0.05) is 17.8 Å². The largest absolute Gasteiger partial charge is 0.389 e. The Hall–Kier alpha value is -0.220. The lowest BCUT2D eigenvalue weighted by Gasteiger charge is -2.36. The van der Waals surface area contributed by atoms with Crippen LogP contribution >= 0.6 is 23.4 Å². The van der Waals surface area contributed by atoms with Gasteiger partial charge in [0.15, 0.2) is 0 Å². The van der Waals surface area contributed by atoms with Gasteiger partial charge in [-0.1, -0.05) is 49.4 Å². The highest BCUT2D eigenvalue weighted by Gasteiger charge is 2.38. The molecule has 0 aromatic heterocycles. The van der Waals surface area contributed by atoms with E-state index in [9.17, 15) is 5.11 Å². The van der Waals surface area contributed by atoms with E-state index in [2.05, 4.69) is 0 Å². The molecule has 0 bridgehead atoms. The van der Waals surface area contributed by atoms with E-state index in [1.165, 1.54) is 12.8 Å². The Bertz CT molecular complexity index is 417. The predicted molar refractivity (Wildman–Crippen MR) is 85.6 cm³/mol. The Morgan fingerprint density at radius 3 is 2.50 bits per heavy atom. The summed E-state index contributed by atoms with van der Waals surface area (Å²) in [7, 11) is 1.73. The Kier molecular flexibility index (Phi) is 6.21. The second kappa shape index (κ2) is 7.69. The van der Waals surface area contributed by atoms with Gasteiger partial charge in [0.1, 0.15) is 0 Å². The molecule has 0 amide bonds. The van der Waals surface area contributed by atoms with Crippen molar-refractivity contribution in [3.05, 3.63) is 29.3 Å². The molecule has 0 radical (unpaired) electrons. The fraction of sp³-hybridized carbons (Fsp3) is 0.625. The van der Waals surface area contributed by atoms with Gasteiger partial charge in [0.05, 0.1) is 16.7 Å². The summed E-state index contributed by atoms with van der Waals surface area (Å²) in [6.07, 6.45) is 6.22. The van der Waals surface area contributed by atoms with E-state index in [0.717, 1.165) is 35.6 Å². The molecule has 0 saturated heterocycles. The van der Waals surface area contributed by atoms with Gasteiger partial charge in [-0.3, -0.25) is 0 Å². The highest BCUT2D eigenvalue weighted by molar-refractivity contribution is 7.99. The Morgan fingerprint density at radius 2 is 1.90 bits per heavy atom. The summed E-state index contributed by atoms with van der Waals surface area (Å²) < 4.78 is 5.74. The lowest BCUT2D eigenvalue weighted by atomic mass is 9.89. The van der Waals surface area contributed by atoms with Crippen molar-refractivity contribution in [1.82, 2.24) is 0 Å². The molecule has 1 atom stereocenters. The summed E-state index contributed by atoms with van der Waals surface area (Å²) in [5, 5.41) is 11.4. The summed E-state index contributed by atoms with van der Waals surface area (Å²) in [6.45, 7) is 0. The van der Waals surface area contributed by atoms with E-state index in [-0.39, 0.29) is 5.60 Å². The van der Waals surface area contributed by atoms with Crippen LogP contribution < -0.4 is 0 Å². The molecule has 1 saturated carbocycles. The Labute approximate surface area is 130 Å². The van der Waals surface area contributed by atoms with Crippen LogP contribution in [-0.2, 0) is 4.74 Å². The van der Waals surface area contributed by atoms with Crippen molar-refractivity contribution in [3.63, 3.8) is 0 Å². The highest BCUT2D eigenvalue weighted by Crippen LogP contribution is 2.36. The molecule has 2 rings (SSSR count). The fourth-order valence-electron chi connectivity index (χ4n) is 2.88. The predicted octanol–water partition coefficient (Wildman–Crippen LogP) is 4.53. The quantitative estimate of drug-likeness (QED) is 0.639. The Balaban J connectivity index is 1.98. The number of halogens is 1. The van der Waals surface area contributed by atoms with Gasteiger partial charge in [0.25, 0.3) is 0 Å². The summed E-state index contributed by atoms with van der Waals surface area (Å²) in [4.78, 5) is 1.02. The molecule has 1 fully saturated rings. The zero-order valence-corrected chi connectivity index (χ0v) is 13.6. The first-order chi connectivity index (χ1) is 9.68. The molecule has 0 spiro atoms. The van der Waals surface area contributed by atoms with Gasteiger partial charge in [-0.15, -0.1) is 11.8 Å². The summed E-state index contributed by atoms with van der Waals surface area (Å²) in [6, 6.07) is 7.77. The van der Waals surface area contributed by atoms with Crippen LogP contribution in [0.1, 0.15) is 38.5 Å². The molecule has 20 heavy (non-hydrogen) atoms. The third-order valence-electron chi connectivity index (χ3n) is 4.20.